The van der Waals surface area contributed by atoms with E-state index in [4.69, 9.17) is 5.73 Å². The zero-order valence-electron chi connectivity index (χ0n) is 11.2. The summed E-state index contributed by atoms with van der Waals surface area (Å²) in [6.07, 6.45) is 11.3. The Balaban J connectivity index is 2.00. The van der Waals surface area contributed by atoms with E-state index < -0.39 is 0 Å². The van der Waals surface area contributed by atoms with E-state index in [1.165, 1.54) is 25.0 Å². The first kappa shape index (κ1) is 13.9. The Morgan fingerprint density at radius 1 is 1.32 bits per heavy atom. The van der Waals surface area contributed by atoms with Crippen molar-refractivity contribution in [3.63, 3.8) is 0 Å². The van der Waals surface area contributed by atoms with Crippen molar-refractivity contribution in [2.45, 2.75) is 25.8 Å². The number of anilines is 1. The number of rotatable bonds is 7. The maximum Gasteiger partial charge on any atom is 0.132 e. The fraction of sp³-hybridized carbons (Fsp3) is 0.429. The minimum Gasteiger partial charge on any atom is -0.383 e. The summed E-state index contributed by atoms with van der Waals surface area (Å²) in [5.41, 5.74) is 7.93. The van der Waals surface area contributed by atoms with Gasteiger partial charge in [0.25, 0.3) is 0 Å². The number of hydrogen-bond donors (Lipinski definition) is 1. The third kappa shape index (κ3) is 3.73. The quantitative estimate of drug-likeness (QED) is 0.790. The number of imidazole rings is 1. The van der Waals surface area contributed by atoms with Gasteiger partial charge in [-0.2, -0.15) is 11.8 Å². The van der Waals surface area contributed by atoms with Crippen molar-refractivity contribution in [2.75, 3.05) is 17.7 Å². The van der Waals surface area contributed by atoms with Crippen molar-refractivity contribution in [3.8, 4) is 11.3 Å². The largest absolute Gasteiger partial charge is 0.383 e. The Morgan fingerprint density at radius 2 is 2.21 bits per heavy atom. The van der Waals surface area contributed by atoms with Gasteiger partial charge in [-0.3, -0.25) is 0 Å². The van der Waals surface area contributed by atoms with Gasteiger partial charge in [0.1, 0.15) is 5.82 Å². The van der Waals surface area contributed by atoms with Crippen molar-refractivity contribution < 1.29 is 0 Å². The molecule has 0 saturated carbocycles. The molecule has 0 radical (unpaired) electrons. The van der Waals surface area contributed by atoms with Gasteiger partial charge in [0.15, 0.2) is 0 Å². The molecule has 2 aromatic rings. The number of nitrogens with two attached hydrogens (primary N) is 1. The summed E-state index contributed by atoms with van der Waals surface area (Å²) < 4.78 is 2.16. The summed E-state index contributed by atoms with van der Waals surface area (Å²) >= 11 is 1.91. The molecule has 4 nitrogen and oxygen atoms in total. The topological polar surface area (TPSA) is 56.7 Å². The summed E-state index contributed by atoms with van der Waals surface area (Å²) in [5.74, 6) is 1.80. The lowest BCUT2D eigenvalue weighted by Gasteiger charge is -2.09. The molecule has 0 aromatic carbocycles. The molecule has 0 amide bonds. The van der Waals surface area contributed by atoms with Gasteiger partial charge in [0.2, 0.25) is 0 Å². The standard InChI is InChI=1S/C14H20N4S/c1-19-9-4-2-3-8-18-11-16-10-13(18)12-6-5-7-17-14(12)15/h5-7,10-11H,2-4,8-9H2,1H3,(H2,15,17). The molecule has 0 spiro atoms. The predicted octanol–water partition coefficient (Wildman–Crippen LogP) is 3.06. The van der Waals surface area contributed by atoms with Crippen molar-refractivity contribution in [1.29, 1.82) is 0 Å². The second-order valence-electron chi connectivity index (χ2n) is 4.46. The lowest BCUT2D eigenvalue weighted by molar-refractivity contribution is 0.608. The van der Waals surface area contributed by atoms with Gasteiger partial charge in [-0.05, 0) is 37.0 Å². The Hall–Kier alpha value is -1.49. The molecule has 0 aliphatic heterocycles. The van der Waals surface area contributed by atoms with E-state index in [1.807, 2.05) is 36.4 Å². The van der Waals surface area contributed by atoms with Crippen LogP contribution in [0.3, 0.4) is 0 Å². The SMILES string of the molecule is CSCCCCCn1cncc1-c1cccnc1N. The molecule has 0 aliphatic rings. The molecule has 2 aromatic heterocycles. The number of aromatic nitrogens is 3. The Labute approximate surface area is 118 Å². The second-order valence-corrected chi connectivity index (χ2v) is 5.45. The van der Waals surface area contributed by atoms with E-state index in [9.17, 15) is 0 Å². The number of hydrogen-bond acceptors (Lipinski definition) is 4. The number of thioether (sulfide) groups is 1. The summed E-state index contributed by atoms with van der Waals surface area (Å²) in [4.78, 5) is 8.36. The third-order valence-corrected chi connectivity index (χ3v) is 3.77. The van der Waals surface area contributed by atoms with E-state index in [0.717, 1.165) is 17.8 Å². The average molecular weight is 276 g/mol. The van der Waals surface area contributed by atoms with Crippen LogP contribution >= 0.6 is 11.8 Å². The molecule has 0 fully saturated rings. The Morgan fingerprint density at radius 3 is 3.00 bits per heavy atom. The number of pyridine rings is 1. The summed E-state index contributed by atoms with van der Waals surface area (Å²) in [6, 6.07) is 3.89. The molecule has 5 heteroatoms. The number of aryl methyl sites for hydroxylation is 1. The monoisotopic (exact) mass is 276 g/mol. The molecular formula is C14H20N4S. The molecule has 2 N–H and O–H groups in total. The summed E-state index contributed by atoms with van der Waals surface area (Å²) in [5, 5.41) is 0. The van der Waals surface area contributed by atoms with Gasteiger partial charge < -0.3 is 10.3 Å². The highest BCUT2D eigenvalue weighted by Gasteiger charge is 2.08. The molecule has 0 unspecified atom stereocenters. The summed E-state index contributed by atoms with van der Waals surface area (Å²) in [6.45, 7) is 0.984. The van der Waals surface area contributed by atoms with E-state index in [2.05, 4.69) is 20.8 Å². The second kappa shape index (κ2) is 7.19. The van der Waals surface area contributed by atoms with Gasteiger partial charge >= 0.3 is 0 Å². The lowest BCUT2D eigenvalue weighted by Crippen LogP contribution is -2.01. The zero-order chi connectivity index (χ0) is 13.5. The van der Waals surface area contributed by atoms with Crippen LogP contribution in [0, 0.1) is 0 Å². The molecule has 2 rings (SSSR count). The lowest BCUT2D eigenvalue weighted by atomic mass is 10.2. The van der Waals surface area contributed by atoms with Crippen molar-refractivity contribution in [2.24, 2.45) is 0 Å². The maximum atomic E-state index is 5.92. The highest BCUT2D eigenvalue weighted by Crippen LogP contribution is 2.23. The molecule has 0 atom stereocenters. The first-order valence-corrected chi connectivity index (χ1v) is 7.92. The Kier molecular flexibility index (Phi) is 5.27. The predicted molar refractivity (Wildman–Crippen MR) is 82.1 cm³/mol. The molecule has 19 heavy (non-hydrogen) atoms. The minimum absolute atomic E-state index is 0.562. The molecule has 0 bridgehead atoms. The number of nitrogens with zero attached hydrogens (tertiary/aromatic N) is 3. The highest BCUT2D eigenvalue weighted by molar-refractivity contribution is 7.98. The van der Waals surface area contributed by atoms with Crippen LogP contribution in [0.5, 0.6) is 0 Å². The van der Waals surface area contributed by atoms with Crippen LogP contribution in [0.2, 0.25) is 0 Å². The van der Waals surface area contributed by atoms with E-state index in [-0.39, 0.29) is 0 Å². The summed E-state index contributed by atoms with van der Waals surface area (Å²) in [7, 11) is 0. The van der Waals surface area contributed by atoms with Crippen LogP contribution in [-0.2, 0) is 6.54 Å². The maximum absolute atomic E-state index is 5.92. The molecule has 0 saturated heterocycles. The molecule has 2 heterocycles. The molecule has 0 aliphatic carbocycles. The van der Waals surface area contributed by atoms with Gasteiger partial charge in [-0.25, -0.2) is 9.97 Å². The first-order valence-electron chi connectivity index (χ1n) is 6.53. The van der Waals surface area contributed by atoms with Crippen molar-refractivity contribution in [1.82, 2.24) is 14.5 Å². The van der Waals surface area contributed by atoms with Crippen LogP contribution in [0.25, 0.3) is 11.3 Å². The smallest absolute Gasteiger partial charge is 0.132 e. The van der Waals surface area contributed by atoms with Gasteiger partial charge in [0, 0.05) is 18.3 Å². The minimum atomic E-state index is 0.562. The average Bonchev–Trinajstić information content (AvgIpc) is 2.87. The van der Waals surface area contributed by atoms with Crippen LogP contribution in [0.1, 0.15) is 19.3 Å². The fourth-order valence-electron chi connectivity index (χ4n) is 2.06. The van der Waals surface area contributed by atoms with Crippen LogP contribution in [0.4, 0.5) is 5.82 Å². The molecular weight excluding hydrogens is 256 g/mol. The van der Waals surface area contributed by atoms with E-state index >= 15 is 0 Å². The third-order valence-electron chi connectivity index (χ3n) is 3.07. The Bertz CT molecular complexity index is 510. The van der Waals surface area contributed by atoms with Crippen molar-refractivity contribution in [3.05, 3.63) is 30.9 Å². The first-order chi connectivity index (χ1) is 9.33. The van der Waals surface area contributed by atoms with Crippen LogP contribution in [-0.4, -0.2) is 26.5 Å². The van der Waals surface area contributed by atoms with E-state index in [0.29, 0.717) is 5.82 Å². The number of nitrogen functional groups attached to an aromatic ring is 1. The van der Waals surface area contributed by atoms with Crippen LogP contribution in [0.15, 0.2) is 30.9 Å². The number of unbranched alkanes of at least 4 members (excludes halogenated alkanes) is 2. The fourth-order valence-corrected chi connectivity index (χ4v) is 2.56. The van der Waals surface area contributed by atoms with E-state index in [1.54, 1.807) is 6.20 Å². The van der Waals surface area contributed by atoms with Gasteiger partial charge in [-0.15, -0.1) is 0 Å². The zero-order valence-corrected chi connectivity index (χ0v) is 12.1. The van der Waals surface area contributed by atoms with Gasteiger partial charge in [0.05, 0.1) is 18.2 Å². The van der Waals surface area contributed by atoms with Gasteiger partial charge in [-0.1, -0.05) is 6.42 Å². The molecule has 102 valence electrons. The van der Waals surface area contributed by atoms with Crippen LogP contribution < -0.4 is 5.73 Å². The normalized spacial score (nSPS) is 10.8. The van der Waals surface area contributed by atoms with Crippen molar-refractivity contribution >= 4 is 17.6 Å². The highest BCUT2D eigenvalue weighted by atomic mass is 32.2.